The van der Waals surface area contributed by atoms with Gasteiger partial charge in [-0.3, -0.25) is 13.9 Å². The van der Waals surface area contributed by atoms with Crippen molar-refractivity contribution in [2.45, 2.75) is 44.7 Å². The number of carbonyl (C=O) groups excluding carboxylic acids is 2. The number of halogens is 3. The average molecular weight is 625 g/mol. The highest BCUT2D eigenvalue weighted by Crippen LogP contribution is 2.28. The van der Waals surface area contributed by atoms with Crippen molar-refractivity contribution in [3.63, 3.8) is 0 Å². The van der Waals surface area contributed by atoms with Crippen molar-refractivity contribution >= 4 is 62.3 Å². The summed E-state index contributed by atoms with van der Waals surface area (Å²) in [5.74, 6) is -0.701. The predicted octanol–water partition coefficient (Wildman–Crippen LogP) is 6.42. The molecule has 0 aromatic heterocycles. The molecule has 214 valence electrons. The van der Waals surface area contributed by atoms with Crippen LogP contribution in [0.5, 0.6) is 0 Å². The summed E-state index contributed by atoms with van der Waals surface area (Å²) in [5.41, 5.74) is 0.827. The highest BCUT2D eigenvalue weighted by atomic mass is 35.5. The number of sulfonamides is 1. The van der Waals surface area contributed by atoms with Gasteiger partial charge in [0.1, 0.15) is 12.6 Å². The van der Waals surface area contributed by atoms with Crippen LogP contribution in [-0.4, -0.2) is 44.3 Å². The molecule has 0 fully saturated rings. The molecule has 3 aromatic rings. The van der Waals surface area contributed by atoms with Crippen molar-refractivity contribution in [1.29, 1.82) is 0 Å². The number of rotatable bonds is 12. The van der Waals surface area contributed by atoms with Gasteiger partial charge in [0.25, 0.3) is 10.0 Å². The van der Waals surface area contributed by atoms with E-state index in [-0.39, 0.29) is 29.0 Å². The molecular formula is C29H32Cl3N3O4S. The Balaban J connectivity index is 2.06. The van der Waals surface area contributed by atoms with Crippen LogP contribution in [-0.2, 0) is 26.2 Å². The fourth-order valence-electron chi connectivity index (χ4n) is 4.05. The average Bonchev–Trinajstić information content (AvgIpc) is 2.91. The fraction of sp³-hybridized carbons (Fsp3) is 0.310. The second kappa shape index (κ2) is 14.2. The van der Waals surface area contributed by atoms with Crippen molar-refractivity contribution in [2.75, 3.05) is 17.4 Å². The van der Waals surface area contributed by atoms with Crippen LogP contribution in [0.25, 0.3) is 0 Å². The molecule has 0 aliphatic heterocycles. The van der Waals surface area contributed by atoms with Crippen molar-refractivity contribution in [3.05, 3.63) is 93.4 Å². The smallest absolute Gasteiger partial charge is 0.264 e. The van der Waals surface area contributed by atoms with E-state index in [0.29, 0.717) is 33.6 Å². The van der Waals surface area contributed by atoms with E-state index in [9.17, 15) is 18.0 Å². The number of nitrogens with zero attached hydrogens (tertiary/aromatic N) is 2. The lowest BCUT2D eigenvalue weighted by atomic mass is 10.1. The molecule has 3 rings (SSSR count). The number of hydrogen-bond acceptors (Lipinski definition) is 4. The third-order valence-corrected chi connectivity index (χ3v) is 8.79. The van der Waals surface area contributed by atoms with Crippen LogP contribution in [0.2, 0.25) is 15.1 Å². The third kappa shape index (κ3) is 8.13. The minimum Gasteiger partial charge on any atom is -0.354 e. The van der Waals surface area contributed by atoms with E-state index in [1.165, 1.54) is 35.2 Å². The summed E-state index contributed by atoms with van der Waals surface area (Å²) in [6.07, 6.45) is 0.307. The Labute approximate surface area is 251 Å². The molecule has 2 amide bonds. The van der Waals surface area contributed by atoms with E-state index in [2.05, 4.69) is 5.32 Å². The summed E-state index contributed by atoms with van der Waals surface area (Å²) in [6, 6.07) is 18.0. The Morgan fingerprint density at radius 1 is 0.900 bits per heavy atom. The lowest BCUT2D eigenvalue weighted by molar-refractivity contribution is -0.140. The van der Waals surface area contributed by atoms with Crippen LogP contribution in [0.3, 0.4) is 0 Å². The van der Waals surface area contributed by atoms with Gasteiger partial charge in [0.2, 0.25) is 11.8 Å². The number of anilines is 1. The highest BCUT2D eigenvalue weighted by molar-refractivity contribution is 7.92. The zero-order chi connectivity index (χ0) is 29.4. The van der Waals surface area contributed by atoms with Gasteiger partial charge >= 0.3 is 0 Å². The molecule has 40 heavy (non-hydrogen) atoms. The predicted molar refractivity (Wildman–Crippen MR) is 161 cm³/mol. The van der Waals surface area contributed by atoms with Gasteiger partial charge in [-0.25, -0.2) is 8.42 Å². The van der Waals surface area contributed by atoms with E-state index >= 15 is 0 Å². The van der Waals surface area contributed by atoms with Crippen LogP contribution in [0.4, 0.5) is 5.69 Å². The standard InChI is InChI=1S/C29H32Cl3N3O4S/c1-4-27(29(37)33-17-20(2)3)34(18-21-8-5-6-11-26(21)32)28(36)19-35(24-10-7-9-23(31)16-24)40(38,39)25-14-12-22(30)13-15-25/h5-16,20,27H,4,17-19H2,1-3H3,(H,33,37)/t27-/m0/s1. The maximum absolute atomic E-state index is 14.0. The zero-order valence-corrected chi connectivity index (χ0v) is 25.6. The molecule has 11 heteroatoms. The molecule has 0 aliphatic carbocycles. The van der Waals surface area contributed by atoms with Crippen molar-refractivity contribution in [1.82, 2.24) is 10.2 Å². The van der Waals surface area contributed by atoms with Gasteiger partial charge in [0, 0.05) is 28.2 Å². The summed E-state index contributed by atoms with van der Waals surface area (Å²) in [6.45, 7) is 5.60. The first kappa shape index (κ1) is 31.7. The number of hydrogen-bond donors (Lipinski definition) is 1. The number of carbonyl (C=O) groups is 2. The minimum atomic E-state index is -4.23. The highest BCUT2D eigenvalue weighted by Gasteiger charge is 2.34. The molecule has 1 N–H and O–H groups in total. The van der Waals surface area contributed by atoms with Crippen LogP contribution in [0.1, 0.15) is 32.8 Å². The first-order valence-electron chi connectivity index (χ1n) is 12.8. The van der Waals surface area contributed by atoms with Gasteiger partial charge in [-0.2, -0.15) is 0 Å². The Bertz CT molecular complexity index is 1430. The van der Waals surface area contributed by atoms with E-state index in [1.807, 2.05) is 13.8 Å². The molecule has 0 heterocycles. The Morgan fingerprint density at radius 3 is 2.17 bits per heavy atom. The van der Waals surface area contributed by atoms with Crippen LogP contribution in [0.15, 0.2) is 77.7 Å². The fourth-order valence-corrected chi connectivity index (χ4v) is 5.96. The van der Waals surface area contributed by atoms with Crippen LogP contribution in [0, 0.1) is 5.92 Å². The van der Waals surface area contributed by atoms with Crippen molar-refractivity contribution in [2.24, 2.45) is 5.92 Å². The minimum absolute atomic E-state index is 0.0104. The van der Waals surface area contributed by atoms with Crippen molar-refractivity contribution < 1.29 is 18.0 Å². The zero-order valence-electron chi connectivity index (χ0n) is 22.5. The second-order valence-electron chi connectivity index (χ2n) is 9.62. The summed E-state index contributed by atoms with van der Waals surface area (Å²) >= 11 is 18.6. The number of nitrogens with one attached hydrogen (secondary N) is 1. The maximum atomic E-state index is 14.0. The van der Waals surface area contributed by atoms with E-state index in [0.717, 1.165) is 4.31 Å². The SMILES string of the molecule is CC[C@@H](C(=O)NCC(C)C)N(Cc1ccccc1Cl)C(=O)CN(c1cccc(Cl)c1)S(=O)(=O)c1ccc(Cl)cc1. The van der Waals surface area contributed by atoms with Gasteiger partial charge in [0.15, 0.2) is 0 Å². The Hall–Kier alpha value is -2.78. The summed E-state index contributed by atoms with van der Waals surface area (Å²) in [4.78, 5) is 28.6. The topological polar surface area (TPSA) is 86.8 Å². The normalized spacial score (nSPS) is 12.2. The second-order valence-corrected chi connectivity index (χ2v) is 12.8. The molecule has 7 nitrogen and oxygen atoms in total. The lowest BCUT2D eigenvalue weighted by Gasteiger charge is -2.33. The molecule has 0 saturated heterocycles. The van der Waals surface area contributed by atoms with Gasteiger partial charge in [-0.05, 0) is 66.4 Å². The molecule has 3 aromatic carbocycles. The van der Waals surface area contributed by atoms with E-state index in [4.69, 9.17) is 34.8 Å². The monoisotopic (exact) mass is 623 g/mol. The Morgan fingerprint density at radius 2 is 1.57 bits per heavy atom. The molecule has 0 unspecified atom stereocenters. The first-order valence-corrected chi connectivity index (χ1v) is 15.4. The Kier molecular flexibility index (Phi) is 11.3. The maximum Gasteiger partial charge on any atom is 0.264 e. The molecular weight excluding hydrogens is 593 g/mol. The van der Waals surface area contributed by atoms with E-state index < -0.39 is 28.5 Å². The van der Waals surface area contributed by atoms with Crippen molar-refractivity contribution in [3.8, 4) is 0 Å². The summed E-state index contributed by atoms with van der Waals surface area (Å²) in [7, 11) is -4.23. The largest absolute Gasteiger partial charge is 0.354 e. The third-order valence-electron chi connectivity index (χ3n) is 6.15. The molecule has 0 radical (unpaired) electrons. The summed E-state index contributed by atoms with van der Waals surface area (Å²) in [5, 5.41) is 3.99. The number of amides is 2. The van der Waals surface area contributed by atoms with Gasteiger partial charge in [-0.15, -0.1) is 0 Å². The van der Waals surface area contributed by atoms with Gasteiger partial charge < -0.3 is 10.2 Å². The van der Waals surface area contributed by atoms with Crippen LogP contribution < -0.4 is 9.62 Å². The molecule has 0 saturated carbocycles. The van der Waals surface area contributed by atoms with Crippen LogP contribution >= 0.6 is 34.8 Å². The number of benzene rings is 3. The van der Waals surface area contributed by atoms with Gasteiger partial charge in [0.05, 0.1) is 10.6 Å². The first-order chi connectivity index (χ1) is 18.9. The molecule has 0 aliphatic rings. The lowest BCUT2D eigenvalue weighted by Crippen LogP contribution is -2.52. The molecule has 1 atom stereocenters. The van der Waals surface area contributed by atoms with Gasteiger partial charge in [-0.1, -0.05) is 79.8 Å². The quantitative estimate of drug-likeness (QED) is 0.252. The molecule has 0 bridgehead atoms. The molecule has 0 spiro atoms. The summed E-state index contributed by atoms with van der Waals surface area (Å²) < 4.78 is 28.7. The van der Waals surface area contributed by atoms with E-state index in [1.54, 1.807) is 49.4 Å².